The van der Waals surface area contributed by atoms with Gasteiger partial charge in [-0.2, -0.15) is 0 Å². The van der Waals surface area contributed by atoms with Crippen LogP contribution in [0.3, 0.4) is 0 Å². The number of carbonyl (C=O) groups is 2. The third-order valence-electron chi connectivity index (χ3n) is 3.54. The van der Waals surface area contributed by atoms with Crippen molar-refractivity contribution in [3.63, 3.8) is 0 Å². The fourth-order valence-corrected chi connectivity index (χ4v) is 2.18. The summed E-state index contributed by atoms with van der Waals surface area (Å²) >= 11 is 0. The summed E-state index contributed by atoms with van der Waals surface area (Å²) in [5.74, 6) is -2.29. The molecule has 27 heavy (non-hydrogen) atoms. The smallest absolute Gasteiger partial charge is 0.339 e. The van der Waals surface area contributed by atoms with E-state index in [2.05, 4.69) is 5.32 Å². The van der Waals surface area contributed by atoms with Gasteiger partial charge in [0.2, 0.25) is 0 Å². The normalized spacial score (nSPS) is 11.4. The highest BCUT2D eigenvalue weighted by Gasteiger charge is 2.21. The number of benzene rings is 2. The van der Waals surface area contributed by atoms with Crippen LogP contribution in [0.15, 0.2) is 36.4 Å². The molecule has 0 spiro atoms. The van der Waals surface area contributed by atoms with E-state index < -0.39 is 29.6 Å². The number of ether oxygens (including phenoxy) is 3. The van der Waals surface area contributed by atoms with E-state index in [1.807, 2.05) is 0 Å². The van der Waals surface area contributed by atoms with Gasteiger partial charge in [-0.25, -0.2) is 13.6 Å². The maximum atomic E-state index is 13.6. The van der Waals surface area contributed by atoms with Crippen LogP contribution >= 0.6 is 0 Å². The van der Waals surface area contributed by atoms with Gasteiger partial charge in [0.15, 0.2) is 17.6 Å². The van der Waals surface area contributed by atoms with E-state index in [-0.39, 0.29) is 11.3 Å². The zero-order valence-electron chi connectivity index (χ0n) is 15.0. The van der Waals surface area contributed by atoms with Crippen LogP contribution in [0.1, 0.15) is 24.2 Å². The van der Waals surface area contributed by atoms with Gasteiger partial charge in [0.05, 0.1) is 25.0 Å². The molecule has 0 aliphatic rings. The topological polar surface area (TPSA) is 73.9 Å². The molecule has 0 heterocycles. The summed E-state index contributed by atoms with van der Waals surface area (Å²) in [6.07, 6.45) is -1.24. The fourth-order valence-electron chi connectivity index (χ4n) is 2.18. The van der Waals surface area contributed by atoms with E-state index in [1.54, 1.807) is 6.92 Å². The van der Waals surface area contributed by atoms with Crippen molar-refractivity contribution in [2.24, 2.45) is 0 Å². The van der Waals surface area contributed by atoms with E-state index in [0.29, 0.717) is 18.1 Å². The van der Waals surface area contributed by atoms with Crippen LogP contribution in [-0.4, -0.2) is 31.7 Å². The molecule has 0 saturated carbocycles. The number of hydrogen-bond acceptors (Lipinski definition) is 5. The molecule has 0 saturated heterocycles. The predicted octanol–water partition coefficient (Wildman–Crippen LogP) is 3.56. The highest BCUT2D eigenvalue weighted by molar-refractivity contribution is 5.97. The molecule has 2 aromatic carbocycles. The maximum Gasteiger partial charge on any atom is 0.339 e. The molecule has 1 amide bonds. The van der Waals surface area contributed by atoms with Crippen molar-refractivity contribution >= 4 is 17.6 Å². The van der Waals surface area contributed by atoms with Crippen LogP contribution in [0.25, 0.3) is 0 Å². The largest absolute Gasteiger partial charge is 0.493 e. The van der Waals surface area contributed by atoms with Crippen molar-refractivity contribution < 1.29 is 32.6 Å². The summed E-state index contributed by atoms with van der Waals surface area (Å²) in [6.45, 7) is 3.46. The first-order chi connectivity index (χ1) is 12.8. The number of halogens is 2. The second kappa shape index (κ2) is 8.98. The van der Waals surface area contributed by atoms with Crippen molar-refractivity contribution in [1.29, 1.82) is 0 Å². The minimum atomic E-state index is -1.24. The van der Waals surface area contributed by atoms with Crippen LogP contribution in [-0.2, 0) is 9.53 Å². The van der Waals surface area contributed by atoms with Crippen LogP contribution in [0.4, 0.5) is 14.5 Å². The second-order valence-corrected chi connectivity index (χ2v) is 5.46. The van der Waals surface area contributed by atoms with Crippen molar-refractivity contribution in [3.8, 4) is 11.5 Å². The summed E-state index contributed by atoms with van der Waals surface area (Å²) < 4.78 is 42.4. The van der Waals surface area contributed by atoms with Gasteiger partial charge in [0.1, 0.15) is 11.6 Å². The molecule has 2 aromatic rings. The fraction of sp³-hybridized carbons (Fsp3) is 0.263. The minimum absolute atomic E-state index is 0.149. The van der Waals surface area contributed by atoms with Gasteiger partial charge >= 0.3 is 5.97 Å². The maximum absolute atomic E-state index is 13.6. The lowest BCUT2D eigenvalue weighted by Gasteiger charge is -2.15. The Labute approximate surface area is 155 Å². The Balaban J connectivity index is 2.07. The molecule has 6 nitrogen and oxygen atoms in total. The third kappa shape index (κ3) is 5.16. The average molecular weight is 379 g/mol. The Morgan fingerprint density at radius 3 is 2.52 bits per heavy atom. The van der Waals surface area contributed by atoms with E-state index >= 15 is 0 Å². The Hall–Kier alpha value is -3.16. The highest BCUT2D eigenvalue weighted by atomic mass is 19.1. The first kappa shape index (κ1) is 20.2. The summed E-state index contributed by atoms with van der Waals surface area (Å²) in [5, 5.41) is 2.18. The molecular weight excluding hydrogens is 360 g/mol. The lowest BCUT2D eigenvalue weighted by molar-refractivity contribution is -0.123. The summed E-state index contributed by atoms with van der Waals surface area (Å²) in [4.78, 5) is 24.3. The number of amides is 1. The number of anilines is 1. The third-order valence-corrected chi connectivity index (χ3v) is 3.54. The highest BCUT2D eigenvalue weighted by Crippen LogP contribution is 2.28. The van der Waals surface area contributed by atoms with Gasteiger partial charge in [0, 0.05) is 6.07 Å². The van der Waals surface area contributed by atoms with Crippen LogP contribution in [0.5, 0.6) is 11.5 Å². The summed E-state index contributed by atoms with van der Waals surface area (Å²) in [7, 11) is 1.47. The van der Waals surface area contributed by atoms with Gasteiger partial charge in [-0.1, -0.05) is 0 Å². The molecule has 2 rings (SSSR count). The van der Waals surface area contributed by atoms with Crippen LogP contribution < -0.4 is 14.8 Å². The number of methoxy groups -OCH3 is 1. The van der Waals surface area contributed by atoms with Crippen molar-refractivity contribution in [3.05, 3.63) is 53.6 Å². The van der Waals surface area contributed by atoms with E-state index in [1.165, 1.54) is 32.2 Å². The second-order valence-electron chi connectivity index (χ2n) is 5.46. The predicted molar refractivity (Wildman–Crippen MR) is 94.0 cm³/mol. The summed E-state index contributed by atoms with van der Waals surface area (Å²) in [5.41, 5.74) is -0.193. The Kier molecular flexibility index (Phi) is 6.70. The molecule has 0 radical (unpaired) electrons. The van der Waals surface area contributed by atoms with Gasteiger partial charge in [-0.05, 0) is 44.2 Å². The quantitative estimate of drug-likeness (QED) is 0.745. The molecule has 0 aromatic heterocycles. The monoisotopic (exact) mass is 379 g/mol. The lowest BCUT2D eigenvalue weighted by atomic mass is 10.2. The molecule has 1 N–H and O–H groups in total. The zero-order valence-corrected chi connectivity index (χ0v) is 15.0. The molecule has 144 valence electrons. The number of nitrogens with one attached hydrogen (secondary N) is 1. The molecule has 0 unspecified atom stereocenters. The van der Waals surface area contributed by atoms with Crippen molar-refractivity contribution in [2.45, 2.75) is 20.0 Å². The van der Waals surface area contributed by atoms with Gasteiger partial charge in [0.25, 0.3) is 5.91 Å². The van der Waals surface area contributed by atoms with E-state index in [9.17, 15) is 18.4 Å². The molecule has 0 aliphatic carbocycles. The summed E-state index contributed by atoms with van der Waals surface area (Å²) in [6, 6.07) is 7.07. The zero-order chi connectivity index (χ0) is 20.0. The van der Waals surface area contributed by atoms with E-state index in [0.717, 1.165) is 18.2 Å². The first-order valence-electron chi connectivity index (χ1n) is 8.13. The molecular formula is C19H19F2NO5. The minimum Gasteiger partial charge on any atom is -0.493 e. The molecule has 8 heteroatoms. The number of rotatable bonds is 7. The standard InChI is InChI=1S/C19H19F2NO5/c1-4-26-17-9-12(5-8-16(17)25-3)19(24)27-11(2)18(23)22-15-10-13(20)6-7-14(15)21/h5-11H,4H2,1-3H3,(H,22,23)/t11-/m0/s1. The molecule has 1 atom stereocenters. The van der Waals surface area contributed by atoms with Gasteiger partial charge in [-0.3, -0.25) is 4.79 Å². The molecule has 0 fully saturated rings. The van der Waals surface area contributed by atoms with Crippen LogP contribution in [0, 0.1) is 11.6 Å². The SMILES string of the molecule is CCOc1cc(C(=O)O[C@@H](C)C(=O)Nc2cc(F)ccc2F)ccc1OC. The van der Waals surface area contributed by atoms with Gasteiger partial charge < -0.3 is 19.5 Å². The number of hydrogen-bond donors (Lipinski definition) is 1. The molecule has 0 aliphatic heterocycles. The Morgan fingerprint density at radius 2 is 1.85 bits per heavy atom. The number of esters is 1. The lowest BCUT2D eigenvalue weighted by Crippen LogP contribution is -2.30. The first-order valence-corrected chi connectivity index (χ1v) is 8.13. The molecule has 0 bridgehead atoms. The number of carbonyl (C=O) groups excluding carboxylic acids is 2. The van der Waals surface area contributed by atoms with E-state index in [4.69, 9.17) is 14.2 Å². The van der Waals surface area contributed by atoms with Crippen molar-refractivity contribution in [2.75, 3.05) is 19.0 Å². The Bertz CT molecular complexity index is 841. The van der Waals surface area contributed by atoms with Gasteiger partial charge in [-0.15, -0.1) is 0 Å². The Morgan fingerprint density at radius 1 is 1.11 bits per heavy atom. The van der Waals surface area contributed by atoms with Crippen LogP contribution in [0.2, 0.25) is 0 Å². The van der Waals surface area contributed by atoms with Crippen molar-refractivity contribution in [1.82, 2.24) is 0 Å². The average Bonchev–Trinajstić information content (AvgIpc) is 2.64.